The van der Waals surface area contributed by atoms with Gasteiger partial charge >= 0.3 is 0 Å². The van der Waals surface area contributed by atoms with Crippen LogP contribution in [-0.4, -0.2) is 16.4 Å². The number of benzene rings is 1. The van der Waals surface area contributed by atoms with E-state index in [0.29, 0.717) is 5.69 Å². The Bertz CT molecular complexity index is 650. The van der Waals surface area contributed by atoms with Crippen molar-refractivity contribution in [3.8, 4) is 0 Å². The minimum atomic E-state index is -0.285. The van der Waals surface area contributed by atoms with Crippen molar-refractivity contribution in [3.05, 3.63) is 52.8 Å². The SMILES string of the molecule is CC(C)(C)NC(=O)c1cc(Nc2cccc(Br)c2)ccn1. The number of carbonyl (C=O) groups is 1. The fourth-order valence-electron chi connectivity index (χ4n) is 1.77. The predicted octanol–water partition coefficient (Wildman–Crippen LogP) is 4.12. The third-order valence-electron chi connectivity index (χ3n) is 2.59. The number of aromatic nitrogens is 1. The molecule has 0 spiro atoms. The Kier molecular flexibility index (Phi) is 4.63. The van der Waals surface area contributed by atoms with Gasteiger partial charge in [0.15, 0.2) is 0 Å². The molecule has 0 fully saturated rings. The Labute approximate surface area is 133 Å². The summed E-state index contributed by atoms with van der Waals surface area (Å²) in [5, 5.41) is 6.15. The van der Waals surface area contributed by atoms with E-state index in [1.807, 2.05) is 51.1 Å². The molecule has 2 rings (SSSR count). The van der Waals surface area contributed by atoms with E-state index in [4.69, 9.17) is 0 Å². The van der Waals surface area contributed by atoms with Gasteiger partial charge in [-0.05, 0) is 51.1 Å². The molecular weight excluding hydrogens is 330 g/mol. The van der Waals surface area contributed by atoms with Gasteiger partial charge < -0.3 is 10.6 Å². The first-order chi connectivity index (χ1) is 9.83. The third-order valence-corrected chi connectivity index (χ3v) is 3.09. The molecule has 21 heavy (non-hydrogen) atoms. The van der Waals surface area contributed by atoms with E-state index in [2.05, 4.69) is 31.5 Å². The Hall–Kier alpha value is -1.88. The van der Waals surface area contributed by atoms with Crippen LogP contribution in [-0.2, 0) is 0 Å². The van der Waals surface area contributed by atoms with Crippen molar-refractivity contribution < 1.29 is 4.79 Å². The molecule has 0 saturated heterocycles. The van der Waals surface area contributed by atoms with Crippen LogP contribution in [0.1, 0.15) is 31.3 Å². The maximum Gasteiger partial charge on any atom is 0.270 e. The lowest BCUT2D eigenvalue weighted by molar-refractivity contribution is 0.0914. The molecule has 0 atom stereocenters. The summed E-state index contributed by atoms with van der Waals surface area (Å²) < 4.78 is 0.993. The molecule has 2 N–H and O–H groups in total. The zero-order valence-electron chi connectivity index (χ0n) is 12.3. The first-order valence-electron chi connectivity index (χ1n) is 6.65. The number of halogens is 1. The summed E-state index contributed by atoms with van der Waals surface area (Å²) in [5.74, 6) is -0.180. The number of hydrogen-bond donors (Lipinski definition) is 2. The highest BCUT2D eigenvalue weighted by Crippen LogP contribution is 2.20. The van der Waals surface area contributed by atoms with E-state index in [1.54, 1.807) is 12.3 Å². The molecule has 0 unspecified atom stereocenters. The van der Waals surface area contributed by atoms with E-state index in [1.165, 1.54) is 0 Å². The van der Waals surface area contributed by atoms with Gasteiger partial charge in [-0.3, -0.25) is 9.78 Å². The predicted molar refractivity (Wildman–Crippen MR) is 88.9 cm³/mol. The average Bonchev–Trinajstić information content (AvgIpc) is 2.37. The summed E-state index contributed by atoms with van der Waals surface area (Å²) >= 11 is 3.43. The quantitative estimate of drug-likeness (QED) is 0.878. The minimum absolute atomic E-state index is 0.180. The van der Waals surface area contributed by atoms with E-state index in [-0.39, 0.29) is 11.4 Å². The molecule has 2 aromatic rings. The highest BCUT2D eigenvalue weighted by molar-refractivity contribution is 9.10. The van der Waals surface area contributed by atoms with Crippen molar-refractivity contribution in [1.82, 2.24) is 10.3 Å². The van der Waals surface area contributed by atoms with Crippen LogP contribution in [0.5, 0.6) is 0 Å². The Morgan fingerprint density at radius 2 is 1.86 bits per heavy atom. The number of rotatable bonds is 3. The van der Waals surface area contributed by atoms with Gasteiger partial charge in [0.05, 0.1) is 0 Å². The topological polar surface area (TPSA) is 54.0 Å². The number of nitrogens with one attached hydrogen (secondary N) is 2. The molecule has 1 aromatic heterocycles. The largest absolute Gasteiger partial charge is 0.355 e. The molecule has 1 aromatic carbocycles. The van der Waals surface area contributed by atoms with Crippen LogP contribution >= 0.6 is 15.9 Å². The fraction of sp³-hybridized carbons (Fsp3) is 0.250. The number of hydrogen-bond acceptors (Lipinski definition) is 3. The molecule has 0 saturated carbocycles. The van der Waals surface area contributed by atoms with Gasteiger partial charge in [0, 0.05) is 27.6 Å². The summed E-state index contributed by atoms with van der Waals surface area (Å²) in [7, 11) is 0. The molecule has 0 aliphatic heterocycles. The van der Waals surface area contributed by atoms with Crippen molar-refractivity contribution in [2.75, 3.05) is 5.32 Å². The van der Waals surface area contributed by atoms with Crippen molar-refractivity contribution in [2.45, 2.75) is 26.3 Å². The summed E-state index contributed by atoms with van der Waals surface area (Å²) in [4.78, 5) is 16.2. The van der Waals surface area contributed by atoms with E-state index < -0.39 is 0 Å². The number of amides is 1. The van der Waals surface area contributed by atoms with Gasteiger partial charge in [-0.2, -0.15) is 0 Å². The maximum absolute atomic E-state index is 12.1. The summed E-state index contributed by atoms with van der Waals surface area (Å²) in [6, 6.07) is 11.4. The summed E-state index contributed by atoms with van der Waals surface area (Å²) in [6.45, 7) is 5.82. The standard InChI is InChI=1S/C16H18BrN3O/c1-16(2,3)20-15(21)14-10-13(7-8-18-14)19-12-6-4-5-11(17)9-12/h4-10H,1-3H3,(H,18,19)(H,20,21). The van der Waals surface area contributed by atoms with Crippen molar-refractivity contribution in [2.24, 2.45) is 0 Å². The second-order valence-corrected chi connectivity index (χ2v) is 6.68. The van der Waals surface area contributed by atoms with Crippen LogP contribution in [0.2, 0.25) is 0 Å². The van der Waals surface area contributed by atoms with Crippen molar-refractivity contribution >= 4 is 33.2 Å². The van der Waals surface area contributed by atoms with Gasteiger partial charge in [0.1, 0.15) is 5.69 Å². The second kappa shape index (κ2) is 6.26. The number of pyridine rings is 1. The third kappa shape index (κ3) is 4.86. The van der Waals surface area contributed by atoms with Gasteiger partial charge in [-0.1, -0.05) is 22.0 Å². The van der Waals surface area contributed by atoms with Crippen LogP contribution in [0.15, 0.2) is 47.1 Å². The molecule has 1 amide bonds. The molecule has 0 aliphatic carbocycles. The van der Waals surface area contributed by atoms with Crippen molar-refractivity contribution in [1.29, 1.82) is 0 Å². The maximum atomic E-state index is 12.1. The molecule has 0 bridgehead atoms. The monoisotopic (exact) mass is 347 g/mol. The molecule has 0 radical (unpaired) electrons. The number of nitrogens with zero attached hydrogens (tertiary/aromatic N) is 1. The smallest absolute Gasteiger partial charge is 0.270 e. The molecule has 110 valence electrons. The fourth-order valence-corrected chi connectivity index (χ4v) is 2.17. The average molecular weight is 348 g/mol. The first kappa shape index (κ1) is 15.5. The van der Waals surface area contributed by atoms with Gasteiger partial charge in [-0.25, -0.2) is 0 Å². The number of anilines is 2. The molecular formula is C16H18BrN3O. The Morgan fingerprint density at radius 1 is 1.14 bits per heavy atom. The van der Waals surface area contributed by atoms with Gasteiger partial charge in [0.25, 0.3) is 5.91 Å². The summed E-state index contributed by atoms with van der Waals surface area (Å²) in [6.07, 6.45) is 1.62. The molecule has 0 aliphatic rings. The first-order valence-corrected chi connectivity index (χ1v) is 7.44. The lowest BCUT2D eigenvalue weighted by Gasteiger charge is -2.20. The molecule has 5 heteroatoms. The lowest BCUT2D eigenvalue weighted by atomic mass is 10.1. The van der Waals surface area contributed by atoms with Crippen LogP contribution in [0, 0.1) is 0 Å². The van der Waals surface area contributed by atoms with Crippen molar-refractivity contribution in [3.63, 3.8) is 0 Å². The van der Waals surface area contributed by atoms with Crippen LogP contribution in [0.3, 0.4) is 0 Å². The van der Waals surface area contributed by atoms with Crippen LogP contribution in [0.25, 0.3) is 0 Å². The van der Waals surface area contributed by atoms with Gasteiger partial charge in [0.2, 0.25) is 0 Å². The van der Waals surface area contributed by atoms with Crippen LogP contribution in [0.4, 0.5) is 11.4 Å². The lowest BCUT2D eigenvalue weighted by Crippen LogP contribution is -2.40. The zero-order chi connectivity index (χ0) is 15.5. The Balaban J connectivity index is 2.16. The highest BCUT2D eigenvalue weighted by atomic mass is 79.9. The molecule has 1 heterocycles. The second-order valence-electron chi connectivity index (χ2n) is 5.77. The van der Waals surface area contributed by atoms with E-state index in [0.717, 1.165) is 15.8 Å². The number of carbonyl (C=O) groups excluding carboxylic acids is 1. The highest BCUT2D eigenvalue weighted by Gasteiger charge is 2.16. The van der Waals surface area contributed by atoms with E-state index >= 15 is 0 Å². The minimum Gasteiger partial charge on any atom is -0.355 e. The van der Waals surface area contributed by atoms with E-state index in [9.17, 15) is 4.79 Å². The Morgan fingerprint density at radius 3 is 2.52 bits per heavy atom. The van der Waals surface area contributed by atoms with Gasteiger partial charge in [-0.15, -0.1) is 0 Å². The molecule has 4 nitrogen and oxygen atoms in total. The zero-order valence-corrected chi connectivity index (χ0v) is 13.9. The normalized spacial score (nSPS) is 11.0. The summed E-state index contributed by atoms with van der Waals surface area (Å²) in [5.41, 5.74) is 1.87. The van der Waals surface area contributed by atoms with Crippen LogP contribution < -0.4 is 10.6 Å².